The van der Waals surface area contributed by atoms with E-state index in [9.17, 15) is 0 Å². The molecule has 1 aliphatic carbocycles. The summed E-state index contributed by atoms with van der Waals surface area (Å²) < 4.78 is 0. The maximum atomic E-state index is 4.60. The molecule has 4 rings (SSSR count). The van der Waals surface area contributed by atoms with Gasteiger partial charge in [0.25, 0.3) is 0 Å². The van der Waals surface area contributed by atoms with Crippen LogP contribution in [0.2, 0.25) is 0 Å². The molecule has 0 aromatic carbocycles. The van der Waals surface area contributed by atoms with Crippen LogP contribution >= 0.6 is 23.1 Å². The minimum Gasteiger partial charge on any atom is -0.303 e. The van der Waals surface area contributed by atoms with E-state index < -0.39 is 0 Å². The maximum absolute atomic E-state index is 4.60. The van der Waals surface area contributed by atoms with Crippen LogP contribution < -0.4 is 0 Å². The van der Waals surface area contributed by atoms with E-state index in [0.717, 1.165) is 6.04 Å². The van der Waals surface area contributed by atoms with Crippen molar-refractivity contribution in [3.63, 3.8) is 0 Å². The second-order valence-corrected chi connectivity index (χ2v) is 8.65. The van der Waals surface area contributed by atoms with Crippen molar-refractivity contribution in [3.05, 3.63) is 16.8 Å². The molecular weight excluding hydrogens is 310 g/mol. The van der Waals surface area contributed by atoms with Gasteiger partial charge in [0.2, 0.25) is 0 Å². The number of rotatable bonds is 4. The highest BCUT2D eigenvalue weighted by atomic mass is 32.2. The van der Waals surface area contributed by atoms with Gasteiger partial charge < -0.3 is 4.90 Å². The number of thioether (sulfide) groups is 1. The van der Waals surface area contributed by atoms with Crippen LogP contribution in [0.3, 0.4) is 0 Å². The second kappa shape index (κ2) is 6.46. The predicted octanol–water partition coefficient (Wildman–Crippen LogP) is 4.15. The number of piperidine rings is 1. The van der Waals surface area contributed by atoms with Crippen molar-refractivity contribution in [2.45, 2.75) is 56.0 Å². The van der Waals surface area contributed by atoms with Crippen LogP contribution in [0.25, 0.3) is 10.2 Å². The lowest BCUT2D eigenvalue weighted by Gasteiger charge is -2.32. The molecule has 0 amide bonds. The lowest BCUT2D eigenvalue weighted by Crippen LogP contribution is -2.36. The van der Waals surface area contributed by atoms with Crippen molar-refractivity contribution in [2.75, 3.05) is 19.3 Å². The fraction of sp³-hybridized carbons (Fsp3) is 0.647. The average Bonchev–Trinajstić information content (AvgIpc) is 3.10. The molecule has 0 spiro atoms. The summed E-state index contributed by atoms with van der Waals surface area (Å²) in [6.45, 7) is 1.27. The molecule has 0 N–H and O–H groups in total. The lowest BCUT2D eigenvalue weighted by atomic mass is 10.0. The molecule has 3 heterocycles. The standard InChI is InChI=1S/C17H23N3S2/c1-20-9-3-2-5-12(20)8-10-21-16-15-13-6-4-7-14(13)22-17(15)19-11-18-16/h11-12H,2-10H2,1H3/t12-/m1/s1. The van der Waals surface area contributed by atoms with Crippen molar-refractivity contribution in [2.24, 2.45) is 0 Å². The van der Waals surface area contributed by atoms with Crippen molar-refractivity contribution in [3.8, 4) is 0 Å². The molecule has 0 unspecified atom stereocenters. The number of fused-ring (bicyclic) bond motifs is 3. The molecule has 2 aromatic rings. The highest BCUT2D eigenvalue weighted by Gasteiger charge is 2.22. The van der Waals surface area contributed by atoms with Gasteiger partial charge in [0.05, 0.1) is 0 Å². The topological polar surface area (TPSA) is 29.0 Å². The van der Waals surface area contributed by atoms with Gasteiger partial charge in [-0.3, -0.25) is 0 Å². The molecule has 2 aliphatic rings. The number of thiophene rings is 1. The molecule has 1 atom stereocenters. The van der Waals surface area contributed by atoms with Gasteiger partial charge >= 0.3 is 0 Å². The van der Waals surface area contributed by atoms with E-state index in [0.29, 0.717) is 0 Å². The molecule has 2 aromatic heterocycles. The summed E-state index contributed by atoms with van der Waals surface area (Å²) in [6, 6.07) is 0.770. The molecule has 1 fully saturated rings. The van der Waals surface area contributed by atoms with E-state index in [2.05, 4.69) is 21.9 Å². The SMILES string of the molecule is CN1CCCC[C@@H]1CCSc1ncnc2sc3c(c12)CCC3. The Morgan fingerprint density at radius 3 is 3.14 bits per heavy atom. The van der Waals surface area contributed by atoms with E-state index in [1.807, 2.05) is 23.1 Å². The van der Waals surface area contributed by atoms with Crippen LogP contribution in [-0.2, 0) is 12.8 Å². The molecule has 5 heteroatoms. The smallest absolute Gasteiger partial charge is 0.128 e. The van der Waals surface area contributed by atoms with Gasteiger partial charge in [-0.05, 0) is 57.7 Å². The first-order chi connectivity index (χ1) is 10.8. The van der Waals surface area contributed by atoms with Crippen LogP contribution in [0.15, 0.2) is 11.4 Å². The average molecular weight is 334 g/mol. The van der Waals surface area contributed by atoms with Gasteiger partial charge in [0.1, 0.15) is 16.2 Å². The molecule has 0 saturated carbocycles. The fourth-order valence-corrected chi connectivity index (χ4v) is 6.17. The Labute approximate surface area is 140 Å². The molecular formula is C17H23N3S2. The van der Waals surface area contributed by atoms with Crippen molar-refractivity contribution < 1.29 is 0 Å². The third kappa shape index (κ3) is 2.79. The molecule has 3 nitrogen and oxygen atoms in total. The van der Waals surface area contributed by atoms with Crippen molar-refractivity contribution >= 4 is 33.3 Å². The normalized spacial score (nSPS) is 22.3. The number of hydrogen-bond donors (Lipinski definition) is 0. The first-order valence-electron chi connectivity index (χ1n) is 8.41. The Hall–Kier alpha value is -0.650. The Bertz CT molecular complexity index is 667. The van der Waals surface area contributed by atoms with Crippen LogP contribution in [0.4, 0.5) is 0 Å². The summed E-state index contributed by atoms with van der Waals surface area (Å²) in [5.41, 5.74) is 1.55. The largest absolute Gasteiger partial charge is 0.303 e. The van der Waals surface area contributed by atoms with Crippen LogP contribution in [0.5, 0.6) is 0 Å². The zero-order valence-electron chi connectivity index (χ0n) is 13.2. The minimum atomic E-state index is 0.770. The summed E-state index contributed by atoms with van der Waals surface area (Å²) in [6.07, 6.45) is 10.9. The number of likely N-dealkylation sites (tertiary alicyclic amines) is 1. The highest BCUT2D eigenvalue weighted by molar-refractivity contribution is 7.99. The minimum absolute atomic E-state index is 0.770. The quantitative estimate of drug-likeness (QED) is 0.621. The monoisotopic (exact) mass is 333 g/mol. The summed E-state index contributed by atoms with van der Waals surface area (Å²) >= 11 is 3.83. The van der Waals surface area contributed by atoms with E-state index >= 15 is 0 Å². The first-order valence-corrected chi connectivity index (χ1v) is 10.2. The zero-order chi connectivity index (χ0) is 14.9. The molecule has 118 valence electrons. The maximum Gasteiger partial charge on any atom is 0.128 e. The molecule has 1 aliphatic heterocycles. The summed E-state index contributed by atoms with van der Waals surface area (Å²) in [5.74, 6) is 1.17. The lowest BCUT2D eigenvalue weighted by molar-refractivity contribution is 0.182. The van der Waals surface area contributed by atoms with E-state index in [1.165, 1.54) is 72.5 Å². The van der Waals surface area contributed by atoms with Crippen LogP contribution in [0.1, 0.15) is 42.5 Å². The van der Waals surface area contributed by atoms with Gasteiger partial charge in [0.15, 0.2) is 0 Å². The Morgan fingerprint density at radius 2 is 2.23 bits per heavy atom. The fourth-order valence-electron chi connectivity index (χ4n) is 3.81. The Balaban J connectivity index is 1.48. The Morgan fingerprint density at radius 1 is 1.27 bits per heavy atom. The van der Waals surface area contributed by atoms with Gasteiger partial charge in [-0.1, -0.05) is 6.42 Å². The summed E-state index contributed by atoms with van der Waals surface area (Å²) in [5, 5.41) is 2.60. The number of hydrogen-bond acceptors (Lipinski definition) is 5. The molecule has 1 saturated heterocycles. The molecule has 0 bridgehead atoms. The third-order valence-corrected chi connectivity index (χ3v) is 7.30. The van der Waals surface area contributed by atoms with Crippen LogP contribution in [-0.4, -0.2) is 40.3 Å². The molecule has 0 radical (unpaired) electrons. The second-order valence-electron chi connectivity index (χ2n) is 6.48. The highest BCUT2D eigenvalue weighted by Crippen LogP contribution is 2.40. The van der Waals surface area contributed by atoms with E-state index in [-0.39, 0.29) is 0 Å². The summed E-state index contributed by atoms with van der Waals surface area (Å²) in [7, 11) is 2.28. The summed E-state index contributed by atoms with van der Waals surface area (Å²) in [4.78, 5) is 14.4. The number of nitrogens with zero attached hydrogens (tertiary/aromatic N) is 3. The van der Waals surface area contributed by atoms with Gasteiger partial charge in [-0.2, -0.15) is 0 Å². The third-order valence-electron chi connectivity index (χ3n) is 5.08. The number of aryl methyl sites for hydroxylation is 2. The van der Waals surface area contributed by atoms with E-state index in [4.69, 9.17) is 0 Å². The zero-order valence-corrected chi connectivity index (χ0v) is 14.8. The van der Waals surface area contributed by atoms with Gasteiger partial charge in [0, 0.05) is 22.1 Å². The first kappa shape index (κ1) is 14.9. The van der Waals surface area contributed by atoms with Crippen molar-refractivity contribution in [1.29, 1.82) is 0 Å². The predicted molar refractivity (Wildman–Crippen MR) is 95.1 cm³/mol. The van der Waals surface area contributed by atoms with Gasteiger partial charge in [-0.15, -0.1) is 23.1 Å². The Kier molecular flexibility index (Phi) is 4.38. The van der Waals surface area contributed by atoms with E-state index in [1.54, 1.807) is 16.8 Å². The number of aromatic nitrogens is 2. The van der Waals surface area contributed by atoms with Crippen molar-refractivity contribution in [1.82, 2.24) is 14.9 Å². The van der Waals surface area contributed by atoms with Crippen LogP contribution in [0, 0.1) is 0 Å². The molecule has 22 heavy (non-hydrogen) atoms. The van der Waals surface area contributed by atoms with Gasteiger partial charge in [-0.25, -0.2) is 9.97 Å².